The molecular weight excluding hydrogens is 370 g/mol. The standard InChI is InChI=1S/C22H23N3O4/c1-13-14(2)25-20-11-17(7-10-19(20)24-13)22(27)29-15(3)21(26)23-12-16-5-8-18(28-4)9-6-16/h5-11,15H,12H2,1-4H3,(H,23,26). The van der Waals surface area contributed by atoms with Crippen LogP contribution < -0.4 is 10.1 Å². The highest BCUT2D eigenvalue weighted by Crippen LogP contribution is 2.16. The van der Waals surface area contributed by atoms with Crippen molar-refractivity contribution in [3.8, 4) is 5.75 Å². The van der Waals surface area contributed by atoms with Gasteiger partial charge in [0.15, 0.2) is 6.10 Å². The quantitative estimate of drug-likeness (QED) is 0.647. The fraction of sp³-hybridized carbons (Fsp3) is 0.273. The van der Waals surface area contributed by atoms with E-state index in [0.29, 0.717) is 23.1 Å². The van der Waals surface area contributed by atoms with E-state index in [0.717, 1.165) is 22.7 Å². The third kappa shape index (κ3) is 4.87. The van der Waals surface area contributed by atoms with Gasteiger partial charge in [-0.05, 0) is 56.7 Å². The van der Waals surface area contributed by atoms with Crippen LogP contribution in [0.25, 0.3) is 11.0 Å². The molecule has 0 radical (unpaired) electrons. The summed E-state index contributed by atoms with van der Waals surface area (Å²) < 4.78 is 10.4. The van der Waals surface area contributed by atoms with E-state index in [9.17, 15) is 9.59 Å². The fourth-order valence-corrected chi connectivity index (χ4v) is 2.72. The number of nitrogens with zero attached hydrogens (tertiary/aromatic N) is 2. The molecule has 0 aliphatic carbocycles. The number of aryl methyl sites for hydroxylation is 2. The summed E-state index contributed by atoms with van der Waals surface area (Å²) in [5.74, 6) is -0.215. The van der Waals surface area contributed by atoms with Gasteiger partial charge in [0, 0.05) is 6.54 Å². The van der Waals surface area contributed by atoms with Gasteiger partial charge in [0.2, 0.25) is 0 Å². The van der Waals surface area contributed by atoms with Crippen molar-refractivity contribution in [2.45, 2.75) is 33.4 Å². The molecular formula is C22H23N3O4. The van der Waals surface area contributed by atoms with Gasteiger partial charge in [-0.3, -0.25) is 4.79 Å². The molecule has 0 bridgehead atoms. The van der Waals surface area contributed by atoms with Crippen LogP contribution in [-0.4, -0.2) is 35.1 Å². The molecule has 0 saturated carbocycles. The van der Waals surface area contributed by atoms with Crippen molar-refractivity contribution in [2.75, 3.05) is 7.11 Å². The van der Waals surface area contributed by atoms with Crippen LogP contribution in [0.4, 0.5) is 0 Å². The zero-order chi connectivity index (χ0) is 21.0. The van der Waals surface area contributed by atoms with Crippen LogP contribution in [-0.2, 0) is 16.1 Å². The van der Waals surface area contributed by atoms with Gasteiger partial charge >= 0.3 is 5.97 Å². The zero-order valence-electron chi connectivity index (χ0n) is 16.9. The summed E-state index contributed by atoms with van der Waals surface area (Å²) in [6, 6.07) is 12.3. The number of amides is 1. The number of methoxy groups -OCH3 is 1. The lowest BCUT2D eigenvalue weighted by atomic mass is 10.2. The van der Waals surface area contributed by atoms with Crippen LogP contribution in [0.2, 0.25) is 0 Å². The Morgan fingerprint density at radius 3 is 2.31 bits per heavy atom. The number of rotatable bonds is 6. The first-order valence-corrected chi connectivity index (χ1v) is 9.24. The highest BCUT2D eigenvalue weighted by atomic mass is 16.5. The van der Waals surface area contributed by atoms with Gasteiger partial charge < -0.3 is 14.8 Å². The lowest BCUT2D eigenvalue weighted by molar-refractivity contribution is -0.129. The van der Waals surface area contributed by atoms with Gasteiger partial charge in [-0.15, -0.1) is 0 Å². The maximum Gasteiger partial charge on any atom is 0.338 e. The number of benzene rings is 2. The predicted octanol–water partition coefficient (Wildman–Crippen LogP) is 3.12. The van der Waals surface area contributed by atoms with E-state index < -0.39 is 12.1 Å². The number of esters is 1. The van der Waals surface area contributed by atoms with Crippen LogP contribution >= 0.6 is 0 Å². The second kappa shape index (κ2) is 8.68. The Morgan fingerprint density at radius 1 is 1.00 bits per heavy atom. The first-order chi connectivity index (χ1) is 13.9. The van der Waals surface area contributed by atoms with E-state index in [1.807, 2.05) is 38.1 Å². The maximum atomic E-state index is 12.4. The summed E-state index contributed by atoms with van der Waals surface area (Å²) in [5, 5.41) is 2.76. The molecule has 1 heterocycles. The monoisotopic (exact) mass is 393 g/mol. The second-order valence-corrected chi connectivity index (χ2v) is 6.71. The maximum absolute atomic E-state index is 12.4. The molecule has 1 N–H and O–H groups in total. The Bertz CT molecular complexity index is 1050. The molecule has 1 amide bonds. The highest BCUT2D eigenvalue weighted by molar-refractivity contribution is 5.95. The fourth-order valence-electron chi connectivity index (χ4n) is 2.72. The van der Waals surface area contributed by atoms with Crippen molar-refractivity contribution < 1.29 is 19.1 Å². The molecule has 1 atom stereocenters. The van der Waals surface area contributed by atoms with Crippen molar-refractivity contribution in [3.05, 3.63) is 65.0 Å². The molecule has 0 spiro atoms. The van der Waals surface area contributed by atoms with Gasteiger partial charge in [-0.1, -0.05) is 12.1 Å². The molecule has 0 aliphatic heterocycles. The molecule has 1 aromatic heterocycles. The summed E-state index contributed by atoms with van der Waals surface area (Å²) in [7, 11) is 1.59. The number of carbonyl (C=O) groups is 2. The minimum absolute atomic E-state index is 0.324. The molecule has 0 fully saturated rings. The Balaban J connectivity index is 1.60. The highest BCUT2D eigenvalue weighted by Gasteiger charge is 2.19. The smallest absolute Gasteiger partial charge is 0.338 e. The Labute approximate surface area is 169 Å². The molecule has 0 aliphatic rings. The molecule has 3 aromatic rings. The molecule has 7 nitrogen and oxygen atoms in total. The summed E-state index contributed by atoms with van der Waals surface area (Å²) in [4.78, 5) is 33.6. The van der Waals surface area contributed by atoms with Crippen LogP contribution in [0.5, 0.6) is 5.75 Å². The number of hydrogen-bond acceptors (Lipinski definition) is 6. The second-order valence-electron chi connectivity index (χ2n) is 6.71. The summed E-state index contributed by atoms with van der Waals surface area (Å²) >= 11 is 0. The van der Waals surface area contributed by atoms with Crippen molar-refractivity contribution in [1.82, 2.24) is 15.3 Å². The third-order valence-corrected chi connectivity index (χ3v) is 4.59. The third-order valence-electron chi connectivity index (χ3n) is 4.59. The number of hydrogen-bond donors (Lipinski definition) is 1. The largest absolute Gasteiger partial charge is 0.497 e. The van der Waals surface area contributed by atoms with Gasteiger partial charge in [-0.2, -0.15) is 0 Å². The topological polar surface area (TPSA) is 90.4 Å². The minimum Gasteiger partial charge on any atom is -0.497 e. The number of carbonyl (C=O) groups excluding carboxylic acids is 2. The Morgan fingerprint density at radius 2 is 1.66 bits per heavy atom. The normalized spacial score (nSPS) is 11.7. The first-order valence-electron chi connectivity index (χ1n) is 9.24. The van der Waals surface area contributed by atoms with E-state index >= 15 is 0 Å². The minimum atomic E-state index is -0.928. The number of aromatic nitrogens is 2. The summed E-state index contributed by atoms with van der Waals surface area (Å²) in [6.07, 6.45) is -0.928. The van der Waals surface area contributed by atoms with Crippen molar-refractivity contribution in [2.24, 2.45) is 0 Å². The average Bonchev–Trinajstić information content (AvgIpc) is 2.72. The van der Waals surface area contributed by atoms with Gasteiger partial charge in [-0.25, -0.2) is 14.8 Å². The van der Waals surface area contributed by atoms with Crippen molar-refractivity contribution >= 4 is 22.9 Å². The van der Waals surface area contributed by atoms with Gasteiger partial charge in [0.05, 0.1) is 35.1 Å². The lowest BCUT2D eigenvalue weighted by Crippen LogP contribution is -2.35. The molecule has 0 saturated heterocycles. The van der Waals surface area contributed by atoms with E-state index in [1.54, 1.807) is 25.3 Å². The molecule has 29 heavy (non-hydrogen) atoms. The summed E-state index contributed by atoms with van der Waals surface area (Å²) in [6.45, 7) is 5.61. The van der Waals surface area contributed by atoms with Crippen molar-refractivity contribution in [3.63, 3.8) is 0 Å². The number of ether oxygens (including phenoxy) is 2. The number of nitrogens with one attached hydrogen (secondary N) is 1. The van der Waals surface area contributed by atoms with E-state index in [4.69, 9.17) is 9.47 Å². The van der Waals surface area contributed by atoms with Crippen molar-refractivity contribution in [1.29, 1.82) is 0 Å². The van der Waals surface area contributed by atoms with Gasteiger partial charge in [0.1, 0.15) is 5.75 Å². The lowest BCUT2D eigenvalue weighted by Gasteiger charge is -2.14. The number of fused-ring (bicyclic) bond motifs is 1. The van der Waals surface area contributed by atoms with Crippen LogP contribution in [0.1, 0.15) is 34.2 Å². The summed E-state index contributed by atoms with van der Waals surface area (Å²) in [5.41, 5.74) is 4.19. The van der Waals surface area contributed by atoms with E-state index in [1.165, 1.54) is 6.92 Å². The SMILES string of the molecule is COc1ccc(CNC(=O)C(C)OC(=O)c2ccc3nc(C)c(C)nc3c2)cc1. The Hall–Kier alpha value is -3.48. The zero-order valence-corrected chi connectivity index (χ0v) is 16.9. The molecule has 2 aromatic carbocycles. The predicted molar refractivity (Wildman–Crippen MR) is 109 cm³/mol. The Kier molecular flexibility index (Phi) is 6.07. The van der Waals surface area contributed by atoms with E-state index in [-0.39, 0.29) is 5.91 Å². The van der Waals surface area contributed by atoms with Crippen LogP contribution in [0.3, 0.4) is 0 Å². The first kappa shape index (κ1) is 20.3. The van der Waals surface area contributed by atoms with E-state index in [2.05, 4.69) is 15.3 Å². The molecule has 1 unspecified atom stereocenters. The molecule has 150 valence electrons. The average molecular weight is 393 g/mol. The molecule has 3 rings (SSSR count). The van der Waals surface area contributed by atoms with Gasteiger partial charge in [0.25, 0.3) is 5.91 Å². The molecule has 7 heteroatoms. The van der Waals surface area contributed by atoms with Crippen LogP contribution in [0.15, 0.2) is 42.5 Å². The van der Waals surface area contributed by atoms with Crippen LogP contribution in [0, 0.1) is 13.8 Å².